The third-order valence-corrected chi connectivity index (χ3v) is 7.51. The summed E-state index contributed by atoms with van der Waals surface area (Å²) in [4.78, 5) is 2.53. The normalized spacial score (nSPS) is 19.6. The van der Waals surface area contributed by atoms with E-state index in [0.29, 0.717) is 11.7 Å². The van der Waals surface area contributed by atoms with Crippen LogP contribution in [0.4, 0.5) is 11.4 Å². The van der Waals surface area contributed by atoms with Gasteiger partial charge in [0.25, 0.3) is 0 Å². The number of anilines is 2. The number of nitrogens with zero attached hydrogens (tertiary/aromatic N) is 1. The Morgan fingerprint density at radius 2 is 1.88 bits per heavy atom. The van der Waals surface area contributed by atoms with Gasteiger partial charge in [0.15, 0.2) is 0 Å². The number of allylic oxidation sites excluding steroid dienone is 1. The molecule has 0 bridgehead atoms. The largest absolute Gasteiger partial charge is 0.496 e. The van der Waals surface area contributed by atoms with Crippen molar-refractivity contribution in [2.24, 2.45) is 5.92 Å². The molecule has 0 N–H and O–H groups in total. The molecule has 25 heavy (non-hydrogen) atoms. The van der Waals surface area contributed by atoms with Gasteiger partial charge in [0.05, 0.1) is 18.6 Å². The van der Waals surface area contributed by atoms with Gasteiger partial charge in [-0.25, -0.2) is 0 Å². The van der Waals surface area contributed by atoms with Crippen molar-refractivity contribution in [2.75, 3.05) is 12.0 Å². The quantitative estimate of drug-likeness (QED) is 0.569. The van der Waals surface area contributed by atoms with Crippen molar-refractivity contribution < 1.29 is 4.74 Å². The van der Waals surface area contributed by atoms with E-state index in [0.717, 1.165) is 12.2 Å². The van der Waals surface area contributed by atoms with E-state index < -0.39 is 7.92 Å². The first-order valence-electron chi connectivity index (χ1n) is 9.15. The topological polar surface area (TPSA) is 12.5 Å². The van der Waals surface area contributed by atoms with Gasteiger partial charge in [-0.3, -0.25) is 0 Å². The molecule has 1 aliphatic heterocycles. The molecule has 0 spiro atoms. The zero-order valence-corrected chi connectivity index (χ0v) is 16.5. The second kappa shape index (κ2) is 8.06. The van der Waals surface area contributed by atoms with Gasteiger partial charge in [-0.05, 0) is 44.5 Å². The van der Waals surface area contributed by atoms with Crippen molar-refractivity contribution in [3.63, 3.8) is 0 Å². The van der Waals surface area contributed by atoms with Crippen molar-refractivity contribution in [3.05, 3.63) is 60.4 Å². The van der Waals surface area contributed by atoms with E-state index in [2.05, 4.69) is 86.1 Å². The van der Waals surface area contributed by atoms with Gasteiger partial charge >= 0.3 is 0 Å². The molecule has 1 aliphatic rings. The summed E-state index contributed by atoms with van der Waals surface area (Å²) in [5.41, 5.74) is 2.57. The predicted octanol–water partition coefficient (Wildman–Crippen LogP) is 6.25. The van der Waals surface area contributed by atoms with E-state index in [-0.39, 0.29) is 0 Å². The number of rotatable bonds is 6. The minimum Gasteiger partial charge on any atom is -0.496 e. The number of benzene rings is 2. The summed E-state index contributed by atoms with van der Waals surface area (Å²) in [6.45, 7) is 6.90. The second-order valence-corrected chi connectivity index (χ2v) is 8.86. The number of fused-ring (bicyclic) bond motifs is 1. The van der Waals surface area contributed by atoms with Crippen molar-refractivity contribution in [1.29, 1.82) is 0 Å². The van der Waals surface area contributed by atoms with Gasteiger partial charge in [-0.2, -0.15) is 0 Å². The summed E-state index contributed by atoms with van der Waals surface area (Å²) in [6.07, 6.45) is 4.69. The molecule has 2 nitrogen and oxygen atoms in total. The van der Waals surface area contributed by atoms with Crippen molar-refractivity contribution in [2.45, 2.75) is 39.4 Å². The van der Waals surface area contributed by atoms with Gasteiger partial charge in [0.1, 0.15) is 5.75 Å². The maximum absolute atomic E-state index is 5.76. The summed E-state index contributed by atoms with van der Waals surface area (Å²) in [5, 5.41) is 1.38. The Kier molecular flexibility index (Phi) is 5.81. The van der Waals surface area contributed by atoms with Crippen LogP contribution in [0.25, 0.3) is 0 Å². The highest BCUT2D eigenvalue weighted by Crippen LogP contribution is 2.59. The lowest BCUT2D eigenvalue weighted by Gasteiger charge is -2.32. The van der Waals surface area contributed by atoms with Crippen LogP contribution in [-0.2, 0) is 0 Å². The SMILES string of the molecule is CCC/C=C\P1c2c(OC)cccc2N(c2ccccc2)[C@@H]1C(C)C. The molecule has 0 saturated heterocycles. The average Bonchev–Trinajstić information content (AvgIpc) is 2.97. The van der Waals surface area contributed by atoms with Crippen LogP contribution in [0, 0.1) is 5.92 Å². The minimum absolute atomic E-state index is 0.445. The zero-order chi connectivity index (χ0) is 17.8. The van der Waals surface area contributed by atoms with E-state index >= 15 is 0 Å². The van der Waals surface area contributed by atoms with Crippen molar-refractivity contribution >= 4 is 24.6 Å². The van der Waals surface area contributed by atoms with Crippen LogP contribution >= 0.6 is 7.92 Å². The Morgan fingerprint density at radius 1 is 1.12 bits per heavy atom. The van der Waals surface area contributed by atoms with Crippen LogP contribution in [-0.4, -0.2) is 12.9 Å². The fraction of sp³-hybridized carbons (Fsp3) is 0.364. The number of methoxy groups -OCH3 is 1. The van der Waals surface area contributed by atoms with Crippen LogP contribution in [0.3, 0.4) is 0 Å². The summed E-state index contributed by atoms with van der Waals surface area (Å²) >= 11 is 0. The minimum atomic E-state index is -0.445. The Balaban J connectivity index is 2.16. The fourth-order valence-electron chi connectivity index (χ4n) is 3.55. The number of hydrogen-bond acceptors (Lipinski definition) is 2. The third-order valence-electron chi connectivity index (χ3n) is 4.62. The average molecular weight is 353 g/mol. The highest BCUT2D eigenvalue weighted by atomic mass is 31.1. The lowest BCUT2D eigenvalue weighted by Crippen LogP contribution is -2.29. The van der Waals surface area contributed by atoms with E-state index in [1.807, 2.05) is 0 Å². The van der Waals surface area contributed by atoms with Crippen molar-refractivity contribution in [3.8, 4) is 5.75 Å². The first-order valence-corrected chi connectivity index (χ1v) is 10.6. The predicted molar refractivity (Wildman–Crippen MR) is 111 cm³/mol. The number of unbranched alkanes of at least 4 members (excludes halogenated alkanes) is 1. The Hall–Kier alpha value is -1.79. The van der Waals surface area contributed by atoms with E-state index in [4.69, 9.17) is 4.74 Å². The van der Waals surface area contributed by atoms with Gasteiger partial charge in [-0.15, -0.1) is 0 Å². The second-order valence-electron chi connectivity index (χ2n) is 6.77. The lowest BCUT2D eigenvalue weighted by atomic mass is 10.1. The first-order chi connectivity index (χ1) is 12.2. The molecule has 2 aromatic rings. The Morgan fingerprint density at radius 3 is 2.52 bits per heavy atom. The molecule has 2 aromatic carbocycles. The van der Waals surface area contributed by atoms with E-state index in [9.17, 15) is 0 Å². The molecule has 1 unspecified atom stereocenters. The standard InChI is InChI=1S/C22H28NOP/c1-5-6-10-16-25-21-19(14-11-15-20(21)24-4)23(22(25)17(2)3)18-12-8-7-9-13-18/h7-17,22H,5-6H2,1-4H3/b16-10-/t22-,25?/m0/s1. The zero-order valence-electron chi connectivity index (χ0n) is 15.6. The summed E-state index contributed by atoms with van der Waals surface area (Å²) in [7, 11) is 1.34. The van der Waals surface area contributed by atoms with Gasteiger partial charge < -0.3 is 9.64 Å². The van der Waals surface area contributed by atoms with Crippen LogP contribution < -0.4 is 14.9 Å². The molecule has 0 saturated carbocycles. The molecular weight excluding hydrogens is 325 g/mol. The molecule has 132 valence electrons. The number of hydrogen-bond donors (Lipinski definition) is 0. The number of ether oxygens (including phenoxy) is 1. The summed E-state index contributed by atoms with van der Waals surface area (Å²) in [5.74, 6) is 4.49. The van der Waals surface area contributed by atoms with Crippen LogP contribution in [0.2, 0.25) is 0 Å². The van der Waals surface area contributed by atoms with Gasteiger partial charge in [0, 0.05) is 11.0 Å². The van der Waals surface area contributed by atoms with Gasteiger partial charge in [-0.1, -0.05) is 63.4 Å². The maximum Gasteiger partial charge on any atom is 0.129 e. The lowest BCUT2D eigenvalue weighted by molar-refractivity contribution is 0.418. The molecule has 3 heteroatoms. The fourth-order valence-corrected chi connectivity index (χ4v) is 6.53. The Labute approximate surface area is 153 Å². The molecule has 3 rings (SSSR count). The highest BCUT2D eigenvalue weighted by Gasteiger charge is 2.41. The molecular formula is C22H28NOP. The smallest absolute Gasteiger partial charge is 0.129 e. The molecule has 0 radical (unpaired) electrons. The highest BCUT2D eigenvalue weighted by molar-refractivity contribution is 7.70. The van der Waals surface area contributed by atoms with Crippen LogP contribution in [0.5, 0.6) is 5.75 Å². The first kappa shape index (κ1) is 18.0. The van der Waals surface area contributed by atoms with E-state index in [1.165, 1.54) is 23.1 Å². The summed E-state index contributed by atoms with van der Waals surface area (Å²) < 4.78 is 5.76. The van der Waals surface area contributed by atoms with Crippen LogP contribution in [0.1, 0.15) is 33.6 Å². The maximum atomic E-state index is 5.76. The Bertz CT molecular complexity index is 726. The number of para-hydroxylation sites is 1. The summed E-state index contributed by atoms with van der Waals surface area (Å²) in [6, 6.07) is 17.2. The molecule has 2 atom stereocenters. The van der Waals surface area contributed by atoms with Gasteiger partial charge in [0.2, 0.25) is 0 Å². The molecule has 1 heterocycles. The molecule has 0 aliphatic carbocycles. The molecule has 0 aromatic heterocycles. The molecule has 0 amide bonds. The van der Waals surface area contributed by atoms with Crippen LogP contribution in [0.15, 0.2) is 60.4 Å². The third kappa shape index (κ3) is 3.46. The van der Waals surface area contributed by atoms with E-state index in [1.54, 1.807) is 7.11 Å². The monoisotopic (exact) mass is 353 g/mol. The molecule has 0 fully saturated rings. The van der Waals surface area contributed by atoms with Crippen molar-refractivity contribution in [1.82, 2.24) is 0 Å².